The first kappa shape index (κ1) is 11.9. The van der Waals surface area contributed by atoms with Crippen molar-refractivity contribution in [3.05, 3.63) is 29.3 Å². The van der Waals surface area contributed by atoms with Gasteiger partial charge in [0.05, 0.1) is 18.2 Å². The average Bonchev–Trinajstić information content (AvgIpc) is 2.79. The van der Waals surface area contributed by atoms with Crippen LogP contribution < -0.4 is 0 Å². The number of benzene rings is 1. The standard InChI is InChI=1S/C13H17NO3/c1-9-4-5-12(16)11(7-9)13(17)14-6-2-3-10(14)8-15/h4-5,7,10,15-16H,2-3,6,8H2,1H3. The number of hydrogen-bond donors (Lipinski definition) is 2. The molecule has 1 unspecified atom stereocenters. The van der Waals surface area contributed by atoms with E-state index in [9.17, 15) is 15.0 Å². The van der Waals surface area contributed by atoms with Gasteiger partial charge in [0.1, 0.15) is 5.75 Å². The Morgan fingerprint density at radius 1 is 1.53 bits per heavy atom. The monoisotopic (exact) mass is 235 g/mol. The third-order valence-electron chi connectivity index (χ3n) is 3.23. The third kappa shape index (κ3) is 2.26. The molecule has 1 saturated heterocycles. The summed E-state index contributed by atoms with van der Waals surface area (Å²) in [7, 11) is 0. The second-order valence-electron chi connectivity index (χ2n) is 4.50. The fourth-order valence-electron chi connectivity index (χ4n) is 2.27. The van der Waals surface area contributed by atoms with Gasteiger partial charge in [-0.25, -0.2) is 0 Å². The fourth-order valence-corrected chi connectivity index (χ4v) is 2.27. The molecule has 0 radical (unpaired) electrons. The molecule has 0 spiro atoms. The zero-order chi connectivity index (χ0) is 12.4. The van der Waals surface area contributed by atoms with E-state index >= 15 is 0 Å². The molecule has 4 nitrogen and oxygen atoms in total. The van der Waals surface area contributed by atoms with Gasteiger partial charge in [0, 0.05) is 6.54 Å². The van der Waals surface area contributed by atoms with Gasteiger partial charge in [0.15, 0.2) is 0 Å². The highest BCUT2D eigenvalue weighted by molar-refractivity contribution is 5.97. The molecule has 1 fully saturated rings. The molecule has 1 amide bonds. The molecule has 1 atom stereocenters. The smallest absolute Gasteiger partial charge is 0.257 e. The maximum Gasteiger partial charge on any atom is 0.257 e. The van der Waals surface area contributed by atoms with Crippen molar-refractivity contribution < 1.29 is 15.0 Å². The highest BCUT2D eigenvalue weighted by atomic mass is 16.3. The van der Waals surface area contributed by atoms with Crippen molar-refractivity contribution in [3.63, 3.8) is 0 Å². The van der Waals surface area contributed by atoms with Crippen LogP contribution in [0.4, 0.5) is 0 Å². The first-order valence-corrected chi connectivity index (χ1v) is 5.85. The van der Waals surface area contributed by atoms with Gasteiger partial charge in [-0.2, -0.15) is 0 Å². The van der Waals surface area contributed by atoms with E-state index in [2.05, 4.69) is 0 Å². The van der Waals surface area contributed by atoms with Gasteiger partial charge in [-0.05, 0) is 31.9 Å². The lowest BCUT2D eigenvalue weighted by Crippen LogP contribution is -2.37. The first-order chi connectivity index (χ1) is 8.13. The molecule has 1 aromatic carbocycles. The fraction of sp³-hybridized carbons (Fsp3) is 0.462. The Bertz CT molecular complexity index is 431. The molecule has 0 aromatic heterocycles. The zero-order valence-corrected chi connectivity index (χ0v) is 9.89. The summed E-state index contributed by atoms with van der Waals surface area (Å²) in [5.74, 6) is -0.188. The minimum absolute atomic E-state index is 0.00388. The van der Waals surface area contributed by atoms with Crippen LogP contribution in [-0.4, -0.2) is 40.2 Å². The molecule has 2 rings (SSSR count). The zero-order valence-electron chi connectivity index (χ0n) is 9.89. The van der Waals surface area contributed by atoms with E-state index in [0.717, 1.165) is 18.4 Å². The predicted octanol–water partition coefficient (Wildman–Crippen LogP) is 1.30. The number of aliphatic hydroxyl groups is 1. The van der Waals surface area contributed by atoms with Crippen LogP contribution in [0.2, 0.25) is 0 Å². The van der Waals surface area contributed by atoms with E-state index in [0.29, 0.717) is 12.1 Å². The number of aromatic hydroxyl groups is 1. The van der Waals surface area contributed by atoms with E-state index in [1.54, 1.807) is 17.0 Å². The highest BCUT2D eigenvalue weighted by Gasteiger charge is 2.29. The number of hydrogen-bond acceptors (Lipinski definition) is 3. The number of amides is 1. The van der Waals surface area contributed by atoms with Crippen LogP contribution in [0.3, 0.4) is 0 Å². The summed E-state index contributed by atoms with van der Waals surface area (Å²) >= 11 is 0. The van der Waals surface area contributed by atoms with Crippen LogP contribution in [-0.2, 0) is 0 Å². The second kappa shape index (κ2) is 4.75. The summed E-state index contributed by atoms with van der Waals surface area (Å²) in [5.41, 5.74) is 1.26. The molecule has 17 heavy (non-hydrogen) atoms. The average molecular weight is 235 g/mol. The van der Waals surface area contributed by atoms with Gasteiger partial charge >= 0.3 is 0 Å². The Morgan fingerprint density at radius 2 is 2.29 bits per heavy atom. The Labute approximate surface area is 100 Å². The molecule has 1 heterocycles. The number of likely N-dealkylation sites (tertiary alicyclic amines) is 1. The molecule has 1 aliphatic heterocycles. The van der Waals surface area contributed by atoms with Crippen LogP contribution in [0.25, 0.3) is 0 Å². The van der Waals surface area contributed by atoms with Gasteiger partial charge in [0.25, 0.3) is 5.91 Å². The minimum Gasteiger partial charge on any atom is -0.507 e. The molecule has 2 N–H and O–H groups in total. The Kier molecular flexibility index (Phi) is 3.33. The molecule has 0 saturated carbocycles. The van der Waals surface area contributed by atoms with Gasteiger partial charge in [-0.1, -0.05) is 11.6 Å². The summed E-state index contributed by atoms with van der Waals surface area (Å²) in [6, 6.07) is 4.87. The molecule has 0 bridgehead atoms. The normalized spacial score (nSPS) is 19.6. The van der Waals surface area contributed by atoms with Crippen molar-refractivity contribution in [3.8, 4) is 5.75 Å². The largest absolute Gasteiger partial charge is 0.507 e. The van der Waals surface area contributed by atoms with Crippen molar-refractivity contribution >= 4 is 5.91 Å². The number of phenols is 1. The van der Waals surface area contributed by atoms with E-state index in [1.807, 2.05) is 6.92 Å². The van der Waals surface area contributed by atoms with Crippen molar-refractivity contribution in [2.75, 3.05) is 13.2 Å². The third-order valence-corrected chi connectivity index (χ3v) is 3.23. The summed E-state index contributed by atoms with van der Waals surface area (Å²) in [6.45, 7) is 2.51. The van der Waals surface area contributed by atoms with Crippen LogP contribution in [0.15, 0.2) is 18.2 Å². The summed E-state index contributed by atoms with van der Waals surface area (Å²) in [4.78, 5) is 13.9. The summed E-state index contributed by atoms with van der Waals surface area (Å²) < 4.78 is 0. The molecular weight excluding hydrogens is 218 g/mol. The van der Waals surface area contributed by atoms with Gasteiger partial charge in [-0.15, -0.1) is 0 Å². The van der Waals surface area contributed by atoms with Crippen molar-refractivity contribution in [2.24, 2.45) is 0 Å². The molecule has 0 aliphatic carbocycles. The second-order valence-corrected chi connectivity index (χ2v) is 4.50. The van der Waals surface area contributed by atoms with E-state index < -0.39 is 0 Å². The molecule has 4 heteroatoms. The predicted molar refractivity (Wildman–Crippen MR) is 64.0 cm³/mol. The topological polar surface area (TPSA) is 60.8 Å². The van der Waals surface area contributed by atoms with Gasteiger partial charge < -0.3 is 15.1 Å². The molecule has 1 aliphatic rings. The Hall–Kier alpha value is -1.55. The van der Waals surface area contributed by atoms with Gasteiger partial charge in [-0.3, -0.25) is 4.79 Å². The molecule has 1 aromatic rings. The minimum atomic E-state index is -0.192. The SMILES string of the molecule is Cc1ccc(O)c(C(=O)N2CCCC2CO)c1. The maximum atomic E-state index is 12.2. The number of aryl methyl sites for hydroxylation is 1. The lowest BCUT2D eigenvalue weighted by molar-refractivity contribution is 0.0674. The molecular formula is C13H17NO3. The van der Waals surface area contributed by atoms with E-state index in [4.69, 9.17) is 0 Å². The lowest BCUT2D eigenvalue weighted by atomic mass is 10.1. The van der Waals surface area contributed by atoms with Crippen LogP contribution >= 0.6 is 0 Å². The number of carbonyl (C=O) groups is 1. The number of aliphatic hydroxyl groups excluding tert-OH is 1. The quantitative estimate of drug-likeness (QED) is 0.812. The first-order valence-electron chi connectivity index (χ1n) is 5.85. The number of carbonyl (C=O) groups excluding carboxylic acids is 1. The molecule has 92 valence electrons. The summed E-state index contributed by atoms with van der Waals surface area (Å²) in [5, 5.41) is 18.9. The summed E-state index contributed by atoms with van der Waals surface area (Å²) in [6.07, 6.45) is 1.73. The number of phenolic OH excluding ortho intramolecular Hbond substituents is 1. The van der Waals surface area contributed by atoms with Gasteiger partial charge in [0.2, 0.25) is 0 Å². The van der Waals surface area contributed by atoms with Crippen molar-refractivity contribution in [1.82, 2.24) is 4.90 Å². The van der Waals surface area contributed by atoms with Crippen molar-refractivity contribution in [1.29, 1.82) is 0 Å². The Balaban J connectivity index is 2.27. The highest BCUT2D eigenvalue weighted by Crippen LogP contribution is 2.25. The van der Waals surface area contributed by atoms with Crippen molar-refractivity contribution in [2.45, 2.75) is 25.8 Å². The van der Waals surface area contributed by atoms with E-state index in [-0.39, 0.29) is 24.3 Å². The lowest BCUT2D eigenvalue weighted by Gasteiger charge is -2.23. The maximum absolute atomic E-state index is 12.2. The van der Waals surface area contributed by atoms with Crippen LogP contribution in [0, 0.1) is 6.92 Å². The van der Waals surface area contributed by atoms with Crippen LogP contribution in [0.1, 0.15) is 28.8 Å². The van der Waals surface area contributed by atoms with Crippen LogP contribution in [0.5, 0.6) is 5.75 Å². The van der Waals surface area contributed by atoms with E-state index in [1.165, 1.54) is 6.07 Å². The number of nitrogens with zero attached hydrogens (tertiary/aromatic N) is 1. The number of rotatable bonds is 2. The Morgan fingerprint density at radius 3 is 3.00 bits per heavy atom.